The van der Waals surface area contributed by atoms with E-state index in [9.17, 15) is 17.6 Å². The summed E-state index contributed by atoms with van der Waals surface area (Å²) in [5, 5.41) is -0.240. The summed E-state index contributed by atoms with van der Waals surface area (Å²) in [6.45, 7) is 1.54. The lowest BCUT2D eigenvalue weighted by atomic mass is 10.0. The van der Waals surface area contributed by atoms with E-state index in [4.69, 9.17) is 11.6 Å². The summed E-state index contributed by atoms with van der Waals surface area (Å²) in [6.07, 6.45) is 3.79. The topological polar surface area (TPSA) is 57.7 Å². The highest BCUT2D eigenvalue weighted by molar-refractivity contribution is 7.89. The molecule has 2 saturated heterocycles. The first kappa shape index (κ1) is 17.6. The molecule has 2 fully saturated rings. The maximum absolute atomic E-state index is 14.2. The van der Waals surface area contributed by atoms with Crippen LogP contribution >= 0.6 is 11.6 Å². The van der Waals surface area contributed by atoms with Gasteiger partial charge in [0.05, 0.1) is 5.02 Å². The Morgan fingerprint density at radius 3 is 2.50 bits per heavy atom. The van der Waals surface area contributed by atoms with Crippen LogP contribution in [0.4, 0.5) is 4.39 Å². The number of carbonyl (C=O) groups excluding carboxylic acids is 1. The number of carbonyl (C=O) groups is 1. The highest BCUT2D eigenvalue weighted by Gasteiger charge is 2.41. The molecule has 2 aliphatic heterocycles. The fraction of sp³-hybridized carbons (Fsp3) is 0.562. The van der Waals surface area contributed by atoms with E-state index < -0.39 is 26.8 Å². The van der Waals surface area contributed by atoms with Crippen molar-refractivity contribution in [2.75, 3.05) is 19.6 Å². The number of amides is 1. The van der Waals surface area contributed by atoms with Crippen LogP contribution in [0.5, 0.6) is 0 Å². The molecule has 132 valence electrons. The maximum Gasteiger partial charge on any atom is 0.246 e. The molecule has 0 bridgehead atoms. The predicted molar refractivity (Wildman–Crippen MR) is 88.8 cm³/mol. The molecule has 3 rings (SSSR count). The Morgan fingerprint density at radius 2 is 1.79 bits per heavy atom. The number of halogens is 2. The van der Waals surface area contributed by atoms with Crippen molar-refractivity contribution in [1.82, 2.24) is 9.21 Å². The van der Waals surface area contributed by atoms with Crippen molar-refractivity contribution in [2.45, 2.75) is 43.0 Å². The molecule has 0 N–H and O–H groups in total. The van der Waals surface area contributed by atoms with Crippen LogP contribution in [0.3, 0.4) is 0 Å². The van der Waals surface area contributed by atoms with Crippen LogP contribution in [-0.4, -0.2) is 49.2 Å². The first-order chi connectivity index (χ1) is 11.4. The highest BCUT2D eigenvalue weighted by Crippen LogP contribution is 2.30. The van der Waals surface area contributed by atoms with Gasteiger partial charge < -0.3 is 4.90 Å². The molecule has 1 unspecified atom stereocenters. The van der Waals surface area contributed by atoms with Gasteiger partial charge in [0.25, 0.3) is 0 Å². The predicted octanol–water partition coefficient (Wildman–Crippen LogP) is 2.64. The standard InChI is InChI=1S/C16H20ClFN2O3S/c17-12-6-5-8-14(15(12)18)24(22,23)20-11-2-1-7-13(20)16(21)19-9-3-4-10-19/h5-6,8,13H,1-4,7,9-11H2. The first-order valence-corrected chi connectivity index (χ1v) is 9.99. The third kappa shape index (κ3) is 3.17. The van der Waals surface area contributed by atoms with Crippen molar-refractivity contribution in [3.63, 3.8) is 0 Å². The zero-order valence-corrected chi connectivity index (χ0v) is 14.8. The number of likely N-dealkylation sites (tertiary alicyclic amines) is 1. The molecule has 0 saturated carbocycles. The molecule has 0 spiro atoms. The largest absolute Gasteiger partial charge is 0.341 e. The summed E-state index contributed by atoms with van der Waals surface area (Å²) in [5.41, 5.74) is 0. The van der Waals surface area contributed by atoms with Gasteiger partial charge in [-0.15, -0.1) is 0 Å². The van der Waals surface area contributed by atoms with Gasteiger partial charge in [0.15, 0.2) is 5.82 Å². The first-order valence-electron chi connectivity index (χ1n) is 8.17. The van der Waals surface area contributed by atoms with Crippen molar-refractivity contribution < 1.29 is 17.6 Å². The van der Waals surface area contributed by atoms with E-state index in [1.54, 1.807) is 4.90 Å². The third-order valence-electron chi connectivity index (χ3n) is 4.66. The third-order valence-corrected chi connectivity index (χ3v) is 6.88. The van der Waals surface area contributed by atoms with Gasteiger partial charge in [0.2, 0.25) is 15.9 Å². The number of hydrogen-bond donors (Lipinski definition) is 0. The van der Waals surface area contributed by atoms with Crippen LogP contribution in [0, 0.1) is 5.82 Å². The van der Waals surface area contributed by atoms with Crippen LogP contribution in [0.25, 0.3) is 0 Å². The van der Waals surface area contributed by atoms with Crippen molar-refractivity contribution in [3.05, 3.63) is 29.0 Å². The van der Waals surface area contributed by atoms with Crippen LogP contribution in [0.2, 0.25) is 5.02 Å². The number of sulfonamides is 1. The van der Waals surface area contributed by atoms with E-state index in [1.807, 2.05) is 0 Å². The second kappa shape index (κ2) is 6.98. The number of nitrogens with zero attached hydrogens (tertiary/aromatic N) is 2. The van der Waals surface area contributed by atoms with E-state index in [-0.39, 0.29) is 17.5 Å². The molecular formula is C16H20ClFN2O3S. The SMILES string of the molecule is O=C(C1CCCCN1S(=O)(=O)c1cccc(Cl)c1F)N1CCCC1. The van der Waals surface area contributed by atoms with Gasteiger partial charge in [-0.05, 0) is 37.8 Å². The van der Waals surface area contributed by atoms with Crippen molar-refractivity contribution in [1.29, 1.82) is 0 Å². The number of piperidine rings is 1. The van der Waals surface area contributed by atoms with Gasteiger partial charge >= 0.3 is 0 Å². The van der Waals surface area contributed by atoms with Gasteiger partial charge in [-0.3, -0.25) is 4.79 Å². The Hall–Kier alpha value is -1.18. The van der Waals surface area contributed by atoms with Gasteiger partial charge in [-0.1, -0.05) is 24.1 Å². The number of hydrogen-bond acceptors (Lipinski definition) is 3. The molecule has 1 aromatic carbocycles. The highest BCUT2D eigenvalue weighted by atomic mass is 35.5. The van der Waals surface area contributed by atoms with Crippen LogP contribution in [-0.2, 0) is 14.8 Å². The van der Waals surface area contributed by atoms with Crippen LogP contribution in [0.15, 0.2) is 23.1 Å². The molecular weight excluding hydrogens is 355 g/mol. The van der Waals surface area contributed by atoms with E-state index in [0.29, 0.717) is 25.9 Å². The Bertz CT molecular complexity index is 735. The minimum atomic E-state index is -4.11. The fourth-order valence-electron chi connectivity index (χ4n) is 3.40. The number of rotatable bonds is 3. The summed E-state index contributed by atoms with van der Waals surface area (Å²) in [5.74, 6) is -1.13. The number of benzene rings is 1. The van der Waals surface area contributed by atoms with Crippen molar-refractivity contribution in [3.8, 4) is 0 Å². The van der Waals surface area contributed by atoms with E-state index in [0.717, 1.165) is 23.6 Å². The average Bonchev–Trinajstić information content (AvgIpc) is 3.11. The minimum Gasteiger partial charge on any atom is -0.341 e. The zero-order chi connectivity index (χ0) is 17.3. The Labute approximate surface area is 146 Å². The smallest absolute Gasteiger partial charge is 0.246 e. The van der Waals surface area contributed by atoms with E-state index >= 15 is 0 Å². The quantitative estimate of drug-likeness (QED) is 0.817. The van der Waals surface area contributed by atoms with Gasteiger partial charge in [-0.25, -0.2) is 12.8 Å². The van der Waals surface area contributed by atoms with Gasteiger partial charge in [0, 0.05) is 19.6 Å². The lowest BCUT2D eigenvalue weighted by Crippen LogP contribution is -2.52. The van der Waals surface area contributed by atoms with Gasteiger partial charge in [0.1, 0.15) is 10.9 Å². The summed E-state index contributed by atoms with van der Waals surface area (Å²) in [7, 11) is -4.11. The molecule has 2 heterocycles. The maximum atomic E-state index is 14.2. The summed E-state index contributed by atoms with van der Waals surface area (Å²) in [6, 6.07) is 3.15. The molecule has 5 nitrogen and oxygen atoms in total. The second-order valence-electron chi connectivity index (χ2n) is 6.21. The molecule has 24 heavy (non-hydrogen) atoms. The Balaban J connectivity index is 1.94. The molecule has 1 atom stereocenters. The lowest BCUT2D eigenvalue weighted by Gasteiger charge is -2.35. The molecule has 0 aliphatic carbocycles. The fourth-order valence-corrected chi connectivity index (χ4v) is 5.37. The molecule has 1 amide bonds. The zero-order valence-electron chi connectivity index (χ0n) is 13.2. The molecule has 8 heteroatoms. The minimum absolute atomic E-state index is 0.168. The van der Waals surface area contributed by atoms with Gasteiger partial charge in [-0.2, -0.15) is 4.31 Å². The summed E-state index contributed by atoms with van der Waals surface area (Å²) in [4.78, 5) is 14.0. The summed E-state index contributed by atoms with van der Waals surface area (Å²) < 4.78 is 41.3. The molecule has 0 radical (unpaired) electrons. The summed E-state index contributed by atoms with van der Waals surface area (Å²) >= 11 is 5.73. The normalized spacial score (nSPS) is 22.8. The second-order valence-corrected chi connectivity index (χ2v) is 8.48. The van der Waals surface area contributed by atoms with E-state index in [1.165, 1.54) is 18.2 Å². The van der Waals surface area contributed by atoms with Crippen LogP contribution in [0.1, 0.15) is 32.1 Å². The van der Waals surface area contributed by atoms with Crippen LogP contribution < -0.4 is 0 Å². The molecule has 1 aromatic rings. The van der Waals surface area contributed by atoms with Crippen molar-refractivity contribution in [2.24, 2.45) is 0 Å². The molecule has 2 aliphatic rings. The Morgan fingerprint density at radius 1 is 1.12 bits per heavy atom. The average molecular weight is 375 g/mol. The molecule has 0 aromatic heterocycles. The lowest BCUT2D eigenvalue weighted by molar-refractivity contribution is -0.135. The van der Waals surface area contributed by atoms with Crippen molar-refractivity contribution >= 4 is 27.5 Å². The van der Waals surface area contributed by atoms with E-state index in [2.05, 4.69) is 0 Å². The monoisotopic (exact) mass is 374 g/mol. The Kier molecular flexibility index (Phi) is 5.13.